The molecular weight excluding hydrogens is 223 g/mol. The van der Waals surface area contributed by atoms with Crippen LogP contribution >= 0.6 is 0 Å². The number of carbonyl (C=O) groups excluding carboxylic acids is 1. The zero-order valence-electron chi connectivity index (χ0n) is 9.13. The highest BCUT2D eigenvalue weighted by atomic mass is 19.4. The predicted octanol–water partition coefficient (Wildman–Crippen LogP) is -0.102. The van der Waals surface area contributed by atoms with Crippen LogP contribution in [-0.4, -0.2) is 61.7 Å². The second-order valence-electron chi connectivity index (χ2n) is 4.12. The third kappa shape index (κ3) is 3.34. The van der Waals surface area contributed by atoms with Crippen LogP contribution in [0.4, 0.5) is 13.2 Å². The molecule has 1 heterocycles. The smallest absolute Gasteiger partial charge is 0.334 e. The van der Waals surface area contributed by atoms with Gasteiger partial charge in [0.05, 0.1) is 0 Å². The molecule has 4 nitrogen and oxygen atoms in total. The zero-order valence-corrected chi connectivity index (χ0v) is 9.13. The highest BCUT2D eigenvalue weighted by molar-refractivity contribution is 5.82. The molecule has 0 unspecified atom stereocenters. The van der Waals surface area contributed by atoms with Crippen LogP contribution in [0.25, 0.3) is 0 Å². The van der Waals surface area contributed by atoms with Gasteiger partial charge < -0.3 is 15.5 Å². The molecule has 1 rings (SSSR count). The van der Waals surface area contributed by atoms with Crippen LogP contribution < -0.4 is 5.73 Å². The molecule has 1 saturated heterocycles. The number of amides is 1. The Balaban J connectivity index is 2.25. The van der Waals surface area contributed by atoms with Gasteiger partial charge in [-0.15, -0.1) is 0 Å². The second-order valence-corrected chi connectivity index (χ2v) is 4.12. The Morgan fingerprint density at radius 2 is 2.06 bits per heavy atom. The summed E-state index contributed by atoms with van der Waals surface area (Å²) in [5.74, 6) is -1.60. The largest absolute Gasteiger partial charge is 0.471 e. The van der Waals surface area contributed by atoms with Crippen molar-refractivity contribution in [3.05, 3.63) is 0 Å². The van der Waals surface area contributed by atoms with Crippen LogP contribution in [0, 0.1) is 5.92 Å². The lowest BCUT2D eigenvalue weighted by atomic mass is 9.99. The molecule has 1 fully saturated rings. The predicted molar refractivity (Wildman–Crippen MR) is 52.7 cm³/mol. The van der Waals surface area contributed by atoms with E-state index in [1.807, 2.05) is 11.9 Å². The third-order valence-electron chi connectivity index (χ3n) is 2.57. The number of alkyl halides is 3. The van der Waals surface area contributed by atoms with E-state index in [0.717, 1.165) is 4.90 Å². The van der Waals surface area contributed by atoms with E-state index in [9.17, 15) is 18.0 Å². The number of rotatable bonds is 4. The number of nitrogens with two attached hydrogens (primary N) is 1. The minimum atomic E-state index is -4.74. The van der Waals surface area contributed by atoms with Gasteiger partial charge in [-0.1, -0.05) is 0 Å². The van der Waals surface area contributed by atoms with Crippen molar-refractivity contribution in [1.29, 1.82) is 0 Å². The Kier molecular flexibility index (Phi) is 4.15. The average Bonchev–Trinajstić information content (AvgIpc) is 2.08. The van der Waals surface area contributed by atoms with Gasteiger partial charge >= 0.3 is 12.1 Å². The molecule has 16 heavy (non-hydrogen) atoms. The van der Waals surface area contributed by atoms with Gasteiger partial charge in [-0.2, -0.15) is 13.2 Å². The minimum Gasteiger partial charge on any atom is -0.334 e. The normalized spacial score (nSPS) is 17.8. The summed E-state index contributed by atoms with van der Waals surface area (Å²) in [7, 11) is 1.86. The van der Waals surface area contributed by atoms with Crippen molar-refractivity contribution in [3.8, 4) is 0 Å². The van der Waals surface area contributed by atoms with E-state index < -0.39 is 12.1 Å². The maximum atomic E-state index is 12.0. The molecule has 1 amide bonds. The van der Waals surface area contributed by atoms with Crippen LogP contribution in [-0.2, 0) is 4.79 Å². The summed E-state index contributed by atoms with van der Waals surface area (Å²) in [4.78, 5) is 13.6. The average molecular weight is 239 g/mol. The summed E-state index contributed by atoms with van der Waals surface area (Å²) >= 11 is 0. The topological polar surface area (TPSA) is 49.6 Å². The van der Waals surface area contributed by atoms with Gasteiger partial charge in [-0.25, -0.2) is 0 Å². The van der Waals surface area contributed by atoms with Gasteiger partial charge in [0.15, 0.2) is 0 Å². The van der Waals surface area contributed by atoms with Crippen molar-refractivity contribution in [3.63, 3.8) is 0 Å². The van der Waals surface area contributed by atoms with Crippen LogP contribution in [0.1, 0.15) is 0 Å². The molecule has 94 valence electrons. The van der Waals surface area contributed by atoms with Crippen LogP contribution in [0.3, 0.4) is 0 Å². The number of halogens is 3. The van der Waals surface area contributed by atoms with Crippen molar-refractivity contribution >= 4 is 5.91 Å². The summed E-state index contributed by atoms with van der Waals surface area (Å²) in [6, 6.07) is 0. The number of likely N-dealkylation sites (N-methyl/N-ethyl adjacent to an activating group) is 1. The van der Waals surface area contributed by atoms with Gasteiger partial charge in [0.2, 0.25) is 0 Å². The van der Waals surface area contributed by atoms with Crippen LogP contribution in [0.15, 0.2) is 0 Å². The van der Waals surface area contributed by atoms with Crippen molar-refractivity contribution in [2.75, 3.05) is 39.8 Å². The summed E-state index contributed by atoms with van der Waals surface area (Å²) < 4.78 is 36.0. The van der Waals surface area contributed by atoms with Crippen molar-refractivity contribution in [1.82, 2.24) is 9.80 Å². The molecule has 0 atom stereocenters. The van der Waals surface area contributed by atoms with Gasteiger partial charge in [0.25, 0.3) is 0 Å². The number of nitrogens with zero attached hydrogens (tertiary/aromatic N) is 2. The van der Waals surface area contributed by atoms with E-state index in [0.29, 0.717) is 19.6 Å². The second kappa shape index (κ2) is 5.01. The SMILES string of the molecule is CN(CCN)CC1CN(C(=O)C(F)(F)F)C1. The first-order valence-electron chi connectivity index (χ1n) is 5.09. The summed E-state index contributed by atoms with van der Waals surface area (Å²) in [5, 5.41) is 0. The number of hydrogen-bond acceptors (Lipinski definition) is 3. The Morgan fingerprint density at radius 1 is 1.50 bits per heavy atom. The molecule has 0 aliphatic carbocycles. The fourth-order valence-corrected chi connectivity index (χ4v) is 1.78. The first-order valence-corrected chi connectivity index (χ1v) is 5.09. The minimum absolute atomic E-state index is 0.128. The molecule has 0 spiro atoms. The molecule has 0 aromatic heterocycles. The first-order chi connectivity index (χ1) is 7.34. The lowest BCUT2D eigenvalue weighted by molar-refractivity contribution is -0.191. The molecular formula is C9H16F3N3O. The van der Waals surface area contributed by atoms with Crippen molar-refractivity contribution in [2.45, 2.75) is 6.18 Å². The van der Waals surface area contributed by atoms with E-state index in [2.05, 4.69) is 0 Å². The maximum Gasteiger partial charge on any atom is 0.471 e. The van der Waals surface area contributed by atoms with E-state index in [1.54, 1.807) is 0 Å². The summed E-state index contributed by atoms with van der Waals surface area (Å²) in [6.07, 6.45) is -4.74. The zero-order chi connectivity index (χ0) is 12.3. The van der Waals surface area contributed by atoms with E-state index in [1.165, 1.54) is 0 Å². The fourth-order valence-electron chi connectivity index (χ4n) is 1.78. The Hall–Kier alpha value is -0.820. The van der Waals surface area contributed by atoms with Gasteiger partial charge in [-0.05, 0) is 7.05 Å². The Morgan fingerprint density at radius 3 is 2.50 bits per heavy atom. The highest BCUT2D eigenvalue weighted by Crippen LogP contribution is 2.24. The summed E-state index contributed by atoms with van der Waals surface area (Å²) in [5.41, 5.74) is 5.34. The van der Waals surface area contributed by atoms with Crippen molar-refractivity contribution < 1.29 is 18.0 Å². The standard InChI is InChI=1S/C9H16F3N3O/c1-14(3-2-13)4-7-5-15(6-7)8(16)9(10,11)12/h7H,2-6,13H2,1H3. The quantitative estimate of drug-likeness (QED) is 0.745. The highest BCUT2D eigenvalue weighted by Gasteiger charge is 2.46. The molecule has 0 radical (unpaired) electrons. The molecule has 1 aliphatic rings. The van der Waals surface area contributed by atoms with Crippen LogP contribution in [0.5, 0.6) is 0 Å². The van der Waals surface area contributed by atoms with Crippen LogP contribution in [0.2, 0.25) is 0 Å². The molecule has 7 heteroatoms. The first kappa shape index (κ1) is 13.2. The summed E-state index contributed by atoms with van der Waals surface area (Å²) in [6.45, 7) is 2.29. The van der Waals surface area contributed by atoms with E-state index in [4.69, 9.17) is 5.73 Å². The van der Waals surface area contributed by atoms with E-state index >= 15 is 0 Å². The Labute approximate surface area is 92.2 Å². The molecule has 1 aliphatic heterocycles. The molecule has 2 N–H and O–H groups in total. The fraction of sp³-hybridized carbons (Fsp3) is 0.889. The maximum absolute atomic E-state index is 12.0. The van der Waals surface area contributed by atoms with Crippen molar-refractivity contribution in [2.24, 2.45) is 11.7 Å². The number of likely N-dealkylation sites (tertiary alicyclic amines) is 1. The molecule has 0 aromatic carbocycles. The monoisotopic (exact) mass is 239 g/mol. The van der Waals surface area contributed by atoms with E-state index in [-0.39, 0.29) is 19.0 Å². The molecule has 0 aromatic rings. The van der Waals surface area contributed by atoms with Gasteiger partial charge in [0, 0.05) is 38.6 Å². The lowest BCUT2D eigenvalue weighted by Crippen LogP contribution is -2.57. The van der Waals surface area contributed by atoms with Gasteiger partial charge in [0.1, 0.15) is 0 Å². The number of hydrogen-bond donors (Lipinski definition) is 1. The Bertz CT molecular complexity index is 251. The third-order valence-corrected chi connectivity index (χ3v) is 2.57. The molecule has 0 saturated carbocycles. The number of carbonyl (C=O) groups is 1. The molecule has 0 bridgehead atoms. The lowest BCUT2D eigenvalue weighted by Gasteiger charge is -2.41. The van der Waals surface area contributed by atoms with Gasteiger partial charge in [-0.3, -0.25) is 4.79 Å².